The van der Waals surface area contributed by atoms with Crippen molar-refractivity contribution >= 4 is 12.4 Å². The average molecular weight is 147 g/mol. The Balaban J connectivity index is 2.45. The number of hydrogen-bond donors (Lipinski definition) is 1. The molecule has 0 fully saturated rings. The van der Waals surface area contributed by atoms with Crippen molar-refractivity contribution in [2.75, 3.05) is 0 Å². The minimum absolute atomic E-state index is 0.279. The van der Waals surface area contributed by atoms with Gasteiger partial charge in [0, 0.05) is 18.6 Å². The van der Waals surface area contributed by atoms with E-state index >= 15 is 0 Å². The van der Waals surface area contributed by atoms with Gasteiger partial charge in [0.2, 0.25) is 0 Å². The highest BCUT2D eigenvalue weighted by Gasteiger charge is 2.14. The first-order valence-electron chi connectivity index (χ1n) is 3.58. The Morgan fingerprint density at radius 3 is 3.27 bits per heavy atom. The number of hydrogen-bond acceptors (Lipinski definition) is 3. The van der Waals surface area contributed by atoms with Crippen LogP contribution >= 0.6 is 0 Å². The number of allylic oxidation sites excluding steroid dienone is 2. The maximum atomic E-state index is 4.09. The summed E-state index contributed by atoms with van der Waals surface area (Å²) < 4.78 is 0. The molecule has 0 aromatic rings. The van der Waals surface area contributed by atoms with Crippen molar-refractivity contribution in [1.82, 2.24) is 5.43 Å². The molecule has 0 amide bonds. The SMILES string of the molecule is CC1=C2C=CN=CC1C=NN2. The maximum Gasteiger partial charge on any atom is 0.0576 e. The summed E-state index contributed by atoms with van der Waals surface area (Å²) in [6.45, 7) is 2.08. The van der Waals surface area contributed by atoms with Gasteiger partial charge >= 0.3 is 0 Å². The molecule has 56 valence electrons. The molecule has 0 saturated heterocycles. The Kier molecular flexibility index (Phi) is 1.35. The molecule has 2 rings (SSSR count). The third kappa shape index (κ3) is 0.981. The zero-order chi connectivity index (χ0) is 7.68. The second-order valence-corrected chi connectivity index (χ2v) is 2.63. The van der Waals surface area contributed by atoms with Crippen LogP contribution in [0.2, 0.25) is 0 Å². The molecular formula is C8H9N3. The van der Waals surface area contributed by atoms with Crippen molar-refractivity contribution < 1.29 is 0 Å². The molecule has 0 aromatic carbocycles. The third-order valence-electron chi connectivity index (χ3n) is 1.92. The van der Waals surface area contributed by atoms with Crippen molar-refractivity contribution in [3.8, 4) is 0 Å². The fraction of sp³-hybridized carbons (Fsp3) is 0.250. The van der Waals surface area contributed by atoms with Crippen molar-refractivity contribution in [2.24, 2.45) is 16.0 Å². The first-order valence-corrected chi connectivity index (χ1v) is 3.58. The van der Waals surface area contributed by atoms with E-state index < -0.39 is 0 Å². The smallest absolute Gasteiger partial charge is 0.0576 e. The third-order valence-corrected chi connectivity index (χ3v) is 1.92. The molecule has 2 heterocycles. The summed E-state index contributed by atoms with van der Waals surface area (Å²) >= 11 is 0. The van der Waals surface area contributed by atoms with Crippen LogP contribution < -0.4 is 5.43 Å². The largest absolute Gasteiger partial charge is 0.279 e. The van der Waals surface area contributed by atoms with Gasteiger partial charge in [0.1, 0.15) is 0 Å². The molecule has 1 unspecified atom stereocenters. The van der Waals surface area contributed by atoms with Crippen molar-refractivity contribution in [2.45, 2.75) is 6.92 Å². The van der Waals surface area contributed by atoms with Gasteiger partial charge in [0.05, 0.1) is 11.6 Å². The predicted molar refractivity (Wildman–Crippen MR) is 45.4 cm³/mol. The first-order chi connectivity index (χ1) is 5.38. The lowest BCUT2D eigenvalue weighted by molar-refractivity contribution is 0.846. The minimum Gasteiger partial charge on any atom is -0.279 e. The zero-order valence-electron chi connectivity index (χ0n) is 6.28. The summed E-state index contributed by atoms with van der Waals surface area (Å²) in [5.74, 6) is 0.279. The molecule has 0 saturated carbocycles. The fourth-order valence-electron chi connectivity index (χ4n) is 1.15. The zero-order valence-corrected chi connectivity index (χ0v) is 6.28. The van der Waals surface area contributed by atoms with Gasteiger partial charge in [-0.3, -0.25) is 10.4 Å². The molecular weight excluding hydrogens is 138 g/mol. The second kappa shape index (κ2) is 2.34. The summed E-state index contributed by atoms with van der Waals surface area (Å²) in [4.78, 5) is 4.09. The van der Waals surface area contributed by atoms with Crippen LogP contribution in [0.5, 0.6) is 0 Å². The quantitative estimate of drug-likeness (QED) is 0.546. The van der Waals surface area contributed by atoms with Gasteiger partial charge in [-0.15, -0.1) is 0 Å². The highest BCUT2D eigenvalue weighted by molar-refractivity contribution is 5.89. The Hall–Kier alpha value is -1.38. The van der Waals surface area contributed by atoms with Gasteiger partial charge in [0.25, 0.3) is 0 Å². The molecule has 0 spiro atoms. The molecule has 0 aromatic heterocycles. The van der Waals surface area contributed by atoms with Crippen molar-refractivity contribution in [3.05, 3.63) is 23.5 Å². The van der Waals surface area contributed by atoms with Crippen LogP contribution in [0, 0.1) is 5.92 Å². The summed E-state index contributed by atoms with van der Waals surface area (Å²) in [6, 6.07) is 0. The van der Waals surface area contributed by atoms with E-state index in [-0.39, 0.29) is 5.92 Å². The maximum absolute atomic E-state index is 4.09. The van der Waals surface area contributed by atoms with E-state index in [2.05, 4.69) is 22.4 Å². The Morgan fingerprint density at radius 1 is 1.45 bits per heavy atom. The molecule has 2 aliphatic rings. The van der Waals surface area contributed by atoms with E-state index in [1.807, 2.05) is 18.5 Å². The molecule has 2 bridgehead atoms. The Morgan fingerprint density at radius 2 is 2.36 bits per heavy atom. The molecule has 2 aliphatic heterocycles. The average Bonchev–Trinajstić information content (AvgIpc) is 2.17. The molecule has 0 aliphatic carbocycles. The minimum atomic E-state index is 0.279. The van der Waals surface area contributed by atoms with Crippen LogP contribution in [0.1, 0.15) is 6.92 Å². The van der Waals surface area contributed by atoms with Gasteiger partial charge in [-0.2, -0.15) is 5.10 Å². The normalized spacial score (nSPS) is 26.8. The number of nitrogens with zero attached hydrogens (tertiary/aromatic N) is 2. The highest BCUT2D eigenvalue weighted by Crippen LogP contribution is 2.17. The Labute approximate surface area is 65.2 Å². The van der Waals surface area contributed by atoms with E-state index in [0.29, 0.717) is 0 Å². The van der Waals surface area contributed by atoms with Crippen LogP contribution in [0.4, 0.5) is 0 Å². The van der Waals surface area contributed by atoms with Crippen LogP contribution in [0.3, 0.4) is 0 Å². The van der Waals surface area contributed by atoms with Crippen LogP contribution in [0.15, 0.2) is 33.6 Å². The van der Waals surface area contributed by atoms with Gasteiger partial charge in [0.15, 0.2) is 0 Å². The summed E-state index contributed by atoms with van der Waals surface area (Å²) in [7, 11) is 0. The van der Waals surface area contributed by atoms with E-state index in [4.69, 9.17) is 0 Å². The van der Waals surface area contributed by atoms with Gasteiger partial charge in [-0.05, 0) is 18.6 Å². The summed E-state index contributed by atoms with van der Waals surface area (Å²) in [5.41, 5.74) is 5.26. The summed E-state index contributed by atoms with van der Waals surface area (Å²) in [5, 5.41) is 4.00. The number of hydrazone groups is 1. The number of fused-ring (bicyclic) bond motifs is 1. The lowest BCUT2D eigenvalue weighted by Crippen LogP contribution is -2.19. The van der Waals surface area contributed by atoms with E-state index in [1.165, 1.54) is 5.57 Å². The standard InChI is InChI=1S/C8H9N3/c1-6-7-4-9-3-2-8(6)11-10-5-7/h2-5,7,11H,1H3. The molecule has 3 nitrogen and oxygen atoms in total. The van der Waals surface area contributed by atoms with Crippen LogP contribution in [-0.4, -0.2) is 12.4 Å². The van der Waals surface area contributed by atoms with Gasteiger partial charge in [-0.1, -0.05) is 0 Å². The van der Waals surface area contributed by atoms with Crippen LogP contribution in [-0.2, 0) is 0 Å². The fourth-order valence-corrected chi connectivity index (χ4v) is 1.15. The molecule has 11 heavy (non-hydrogen) atoms. The van der Waals surface area contributed by atoms with E-state index in [1.54, 1.807) is 6.20 Å². The monoisotopic (exact) mass is 147 g/mol. The topological polar surface area (TPSA) is 36.8 Å². The molecule has 0 radical (unpaired) electrons. The predicted octanol–water partition coefficient (Wildman–Crippen LogP) is 1.06. The lowest BCUT2D eigenvalue weighted by atomic mass is 10.0. The Bertz CT molecular complexity index is 284. The summed E-state index contributed by atoms with van der Waals surface area (Å²) in [6.07, 6.45) is 7.46. The highest BCUT2D eigenvalue weighted by atomic mass is 15.3. The van der Waals surface area contributed by atoms with Crippen LogP contribution in [0.25, 0.3) is 0 Å². The van der Waals surface area contributed by atoms with E-state index in [0.717, 1.165) is 5.70 Å². The van der Waals surface area contributed by atoms with Gasteiger partial charge < -0.3 is 0 Å². The second-order valence-electron chi connectivity index (χ2n) is 2.63. The molecule has 1 N–H and O–H groups in total. The molecule has 3 heteroatoms. The first kappa shape index (κ1) is 6.34. The van der Waals surface area contributed by atoms with Crippen molar-refractivity contribution in [3.63, 3.8) is 0 Å². The van der Waals surface area contributed by atoms with E-state index in [9.17, 15) is 0 Å². The van der Waals surface area contributed by atoms with Crippen molar-refractivity contribution in [1.29, 1.82) is 0 Å². The number of aliphatic imine (C=N–C) groups is 1. The molecule has 1 atom stereocenters. The number of nitrogens with one attached hydrogen (secondary N) is 1. The van der Waals surface area contributed by atoms with Gasteiger partial charge in [-0.25, -0.2) is 0 Å². The lowest BCUT2D eigenvalue weighted by Gasteiger charge is -2.15. The number of rotatable bonds is 0.